The van der Waals surface area contributed by atoms with Crippen LogP contribution in [0.15, 0.2) is 24.5 Å². The summed E-state index contributed by atoms with van der Waals surface area (Å²) in [5, 5.41) is 13.7. The summed E-state index contributed by atoms with van der Waals surface area (Å²) in [6, 6.07) is 1.49. The Hall–Kier alpha value is -2.16. The first-order chi connectivity index (χ1) is 9.78. The molecule has 0 aromatic carbocycles. The number of hydrogen-bond acceptors (Lipinski definition) is 5. The number of aliphatic carboxylic acids is 1. The van der Waals surface area contributed by atoms with Gasteiger partial charge in [0.15, 0.2) is 0 Å². The van der Waals surface area contributed by atoms with E-state index in [1.807, 2.05) is 0 Å². The normalized spacial score (nSPS) is 12.4. The molecular formula is C12H17N3O5S. The third-order valence-corrected chi connectivity index (χ3v) is 3.56. The number of hydrogen-bond donors (Lipinski definition) is 3. The minimum absolute atomic E-state index is 0.184. The molecule has 1 rings (SSSR count). The smallest absolute Gasteiger partial charge is 0.326 e. The van der Waals surface area contributed by atoms with Crippen molar-refractivity contribution >= 4 is 21.8 Å². The molecule has 2 amide bonds. The maximum Gasteiger partial charge on any atom is 0.326 e. The van der Waals surface area contributed by atoms with Gasteiger partial charge in [-0.2, -0.15) is 0 Å². The summed E-state index contributed by atoms with van der Waals surface area (Å²) in [5.74, 6) is -1.59. The molecule has 9 heteroatoms. The molecule has 1 unspecified atom stereocenters. The molecule has 0 aliphatic heterocycles. The number of carbonyl (C=O) groups excluding carboxylic acids is 1. The molecule has 0 bridgehead atoms. The Balaban J connectivity index is 2.47. The van der Waals surface area contributed by atoms with Crippen molar-refractivity contribution in [1.82, 2.24) is 15.6 Å². The Bertz CT molecular complexity index is 588. The summed E-state index contributed by atoms with van der Waals surface area (Å²) in [7, 11) is -3.29. The van der Waals surface area contributed by atoms with Crippen LogP contribution in [0.1, 0.15) is 12.0 Å². The first-order valence-corrected chi connectivity index (χ1v) is 8.18. The maximum absolute atomic E-state index is 11.6. The van der Waals surface area contributed by atoms with E-state index in [1.165, 1.54) is 0 Å². The van der Waals surface area contributed by atoms with E-state index in [2.05, 4.69) is 15.6 Å². The highest BCUT2D eigenvalue weighted by Crippen LogP contribution is 1.98. The quantitative estimate of drug-likeness (QED) is 0.638. The van der Waals surface area contributed by atoms with E-state index in [1.54, 1.807) is 24.5 Å². The number of aromatic nitrogens is 1. The molecule has 8 nitrogen and oxygen atoms in total. The van der Waals surface area contributed by atoms with Gasteiger partial charge < -0.3 is 15.7 Å². The van der Waals surface area contributed by atoms with Crippen LogP contribution >= 0.6 is 0 Å². The van der Waals surface area contributed by atoms with Crippen molar-refractivity contribution in [3.8, 4) is 0 Å². The van der Waals surface area contributed by atoms with E-state index in [0.29, 0.717) is 0 Å². The summed E-state index contributed by atoms with van der Waals surface area (Å²) < 4.78 is 22.1. The maximum atomic E-state index is 11.6. The second-order valence-corrected chi connectivity index (χ2v) is 6.75. The zero-order valence-electron chi connectivity index (χ0n) is 11.4. The second-order valence-electron chi connectivity index (χ2n) is 4.49. The fourth-order valence-corrected chi connectivity index (χ4v) is 2.15. The number of nitrogens with one attached hydrogen (secondary N) is 2. The Morgan fingerprint density at radius 3 is 2.48 bits per heavy atom. The van der Waals surface area contributed by atoms with Crippen LogP contribution in [0.4, 0.5) is 4.79 Å². The summed E-state index contributed by atoms with van der Waals surface area (Å²) >= 11 is 0. The van der Waals surface area contributed by atoms with Gasteiger partial charge in [-0.05, 0) is 24.1 Å². The second kappa shape index (κ2) is 7.58. The number of carbonyl (C=O) groups is 2. The number of urea groups is 1. The minimum atomic E-state index is -3.29. The van der Waals surface area contributed by atoms with Gasteiger partial charge in [0.1, 0.15) is 15.9 Å². The van der Waals surface area contributed by atoms with Gasteiger partial charge in [-0.25, -0.2) is 18.0 Å². The van der Waals surface area contributed by atoms with Gasteiger partial charge in [-0.15, -0.1) is 0 Å². The zero-order chi connectivity index (χ0) is 15.9. The standard InChI is InChI=1S/C12H17N3O5S/c1-21(19,20)7-4-10(11(16)17)15-12(18)14-8-9-2-5-13-6-3-9/h2-3,5-6,10H,4,7-8H2,1H3,(H,16,17)(H2,14,15,18). The van der Waals surface area contributed by atoms with Crippen molar-refractivity contribution in [3.05, 3.63) is 30.1 Å². The Kier molecular flexibility index (Phi) is 6.10. The average Bonchev–Trinajstić information content (AvgIpc) is 2.41. The van der Waals surface area contributed by atoms with E-state index in [-0.39, 0.29) is 18.7 Å². The lowest BCUT2D eigenvalue weighted by Crippen LogP contribution is -2.46. The van der Waals surface area contributed by atoms with Gasteiger partial charge in [0.2, 0.25) is 0 Å². The first kappa shape index (κ1) is 16.9. The van der Waals surface area contributed by atoms with Crippen LogP contribution in [0.3, 0.4) is 0 Å². The monoisotopic (exact) mass is 315 g/mol. The molecule has 21 heavy (non-hydrogen) atoms. The van der Waals surface area contributed by atoms with Crippen molar-refractivity contribution in [2.45, 2.75) is 19.0 Å². The molecule has 116 valence electrons. The SMILES string of the molecule is CS(=O)(=O)CCC(NC(=O)NCc1ccncc1)C(=O)O. The van der Waals surface area contributed by atoms with Crippen LogP contribution in [-0.2, 0) is 21.2 Å². The lowest BCUT2D eigenvalue weighted by atomic mass is 10.2. The molecule has 0 spiro atoms. The number of pyridine rings is 1. The van der Waals surface area contributed by atoms with Gasteiger partial charge >= 0.3 is 12.0 Å². The topological polar surface area (TPSA) is 125 Å². The molecule has 0 aliphatic rings. The fourth-order valence-electron chi connectivity index (χ4n) is 1.48. The number of sulfone groups is 1. The van der Waals surface area contributed by atoms with Crippen LogP contribution in [0.25, 0.3) is 0 Å². The lowest BCUT2D eigenvalue weighted by molar-refractivity contribution is -0.139. The number of amides is 2. The van der Waals surface area contributed by atoms with E-state index in [4.69, 9.17) is 5.11 Å². The Morgan fingerprint density at radius 1 is 1.33 bits per heavy atom. The minimum Gasteiger partial charge on any atom is -0.480 e. The summed E-state index contributed by atoms with van der Waals surface area (Å²) in [5.41, 5.74) is 0.808. The van der Waals surface area contributed by atoms with Crippen molar-refractivity contribution < 1.29 is 23.1 Å². The van der Waals surface area contributed by atoms with Crippen LogP contribution in [0.5, 0.6) is 0 Å². The van der Waals surface area contributed by atoms with Crippen molar-refractivity contribution in [2.75, 3.05) is 12.0 Å². The molecule has 1 atom stereocenters. The first-order valence-electron chi connectivity index (χ1n) is 6.12. The zero-order valence-corrected chi connectivity index (χ0v) is 12.3. The molecule has 1 aromatic rings. The van der Waals surface area contributed by atoms with Crippen molar-refractivity contribution in [1.29, 1.82) is 0 Å². The van der Waals surface area contributed by atoms with E-state index in [0.717, 1.165) is 11.8 Å². The molecule has 0 fully saturated rings. The van der Waals surface area contributed by atoms with Crippen molar-refractivity contribution in [2.24, 2.45) is 0 Å². The molecular weight excluding hydrogens is 298 g/mol. The third-order valence-electron chi connectivity index (χ3n) is 2.58. The Morgan fingerprint density at radius 2 is 1.95 bits per heavy atom. The Labute approximate surface area is 122 Å². The molecule has 1 heterocycles. The highest BCUT2D eigenvalue weighted by Gasteiger charge is 2.21. The number of rotatable bonds is 7. The van der Waals surface area contributed by atoms with Gasteiger partial charge in [0.05, 0.1) is 5.75 Å². The highest BCUT2D eigenvalue weighted by molar-refractivity contribution is 7.90. The van der Waals surface area contributed by atoms with Gasteiger partial charge in [0, 0.05) is 25.2 Å². The predicted octanol–water partition coefficient (Wildman–Crippen LogP) is -0.231. The molecule has 3 N–H and O–H groups in total. The van der Waals surface area contributed by atoms with Gasteiger partial charge in [-0.1, -0.05) is 0 Å². The molecule has 0 saturated heterocycles. The largest absolute Gasteiger partial charge is 0.480 e. The van der Waals surface area contributed by atoms with Crippen LogP contribution < -0.4 is 10.6 Å². The van der Waals surface area contributed by atoms with Crippen LogP contribution in [0.2, 0.25) is 0 Å². The number of carboxylic acid groups (broad SMARTS) is 1. The molecule has 0 saturated carbocycles. The fraction of sp³-hybridized carbons (Fsp3) is 0.417. The molecule has 0 aliphatic carbocycles. The average molecular weight is 315 g/mol. The van der Waals surface area contributed by atoms with Crippen LogP contribution in [-0.4, -0.2) is 48.6 Å². The summed E-state index contributed by atoms with van der Waals surface area (Å²) in [6.07, 6.45) is 3.97. The number of nitrogens with zero attached hydrogens (tertiary/aromatic N) is 1. The third kappa shape index (κ3) is 7.25. The van der Waals surface area contributed by atoms with Gasteiger partial charge in [-0.3, -0.25) is 4.98 Å². The molecule has 1 aromatic heterocycles. The van der Waals surface area contributed by atoms with Crippen LogP contribution in [0, 0.1) is 0 Å². The molecule has 0 radical (unpaired) electrons. The van der Waals surface area contributed by atoms with Gasteiger partial charge in [0.25, 0.3) is 0 Å². The van der Waals surface area contributed by atoms with E-state index in [9.17, 15) is 18.0 Å². The lowest BCUT2D eigenvalue weighted by Gasteiger charge is -2.14. The summed E-state index contributed by atoms with van der Waals surface area (Å²) in [4.78, 5) is 26.4. The predicted molar refractivity (Wildman–Crippen MR) is 75.4 cm³/mol. The van der Waals surface area contributed by atoms with E-state index >= 15 is 0 Å². The van der Waals surface area contributed by atoms with Crippen molar-refractivity contribution in [3.63, 3.8) is 0 Å². The number of carboxylic acids is 1. The van der Waals surface area contributed by atoms with E-state index < -0.39 is 27.9 Å². The highest BCUT2D eigenvalue weighted by atomic mass is 32.2. The summed E-state index contributed by atoms with van der Waals surface area (Å²) in [6.45, 7) is 0.215.